The van der Waals surface area contributed by atoms with Crippen LogP contribution in [-0.2, 0) is 4.79 Å². The molecule has 0 aliphatic heterocycles. The summed E-state index contributed by atoms with van der Waals surface area (Å²) in [7, 11) is 3.37. The molecule has 5 heteroatoms. The number of para-hydroxylation sites is 1. The lowest BCUT2D eigenvalue weighted by molar-refractivity contribution is -0.115. The first-order valence-electron chi connectivity index (χ1n) is 6.56. The summed E-state index contributed by atoms with van der Waals surface area (Å²) in [5.41, 5.74) is 0.893. The molecule has 0 radical (unpaired) electrons. The van der Waals surface area contributed by atoms with E-state index in [1.54, 1.807) is 38.4 Å². The lowest BCUT2D eigenvalue weighted by Gasteiger charge is -2.20. The molecule has 1 aromatic rings. The minimum atomic E-state index is -0.168. The molecule has 0 saturated carbocycles. The van der Waals surface area contributed by atoms with Crippen molar-refractivity contribution in [1.82, 2.24) is 10.2 Å². The van der Waals surface area contributed by atoms with Gasteiger partial charge in [-0.25, -0.2) is 0 Å². The molecule has 2 N–H and O–H groups in total. The Hall–Kier alpha value is -1.88. The second kappa shape index (κ2) is 6.52. The molecule has 0 saturated heterocycles. The van der Waals surface area contributed by atoms with E-state index in [1.165, 1.54) is 4.90 Å². The summed E-state index contributed by atoms with van der Waals surface area (Å²) in [4.78, 5) is 25.4. The zero-order chi connectivity index (χ0) is 15.3. The third-order valence-electron chi connectivity index (χ3n) is 2.62. The lowest BCUT2D eigenvalue weighted by atomic mass is 10.1. The molecule has 0 fully saturated rings. The second-order valence-electron chi connectivity index (χ2n) is 5.90. The van der Waals surface area contributed by atoms with Gasteiger partial charge in [-0.1, -0.05) is 12.1 Å². The van der Waals surface area contributed by atoms with Crippen LogP contribution in [0.25, 0.3) is 0 Å². The van der Waals surface area contributed by atoms with Crippen LogP contribution in [0.1, 0.15) is 31.1 Å². The number of hydrogen-bond acceptors (Lipinski definition) is 3. The predicted molar refractivity (Wildman–Crippen MR) is 80.8 cm³/mol. The smallest absolute Gasteiger partial charge is 0.255 e. The average Bonchev–Trinajstić information content (AvgIpc) is 2.35. The van der Waals surface area contributed by atoms with Gasteiger partial charge in [-0.05, 0) is 32.9 Å². The summed E-state index contributed by atoms with van der Waals surface area (Å²) >= 11 is 0. The Kier molecular flexibility index (Phi) is 5.27. The fraction of sp³-hybridized carbons (Fsp3) is 0.467. The first-order chi connectivity index (χ1) is 9.20. The molecule has 0 aliphatic rings. The van der Waals surface area contributed by atoms with E-state index in [4.69, 9.17) is 0 Å². The number of amides is 2. The molecule has 0 aromatic heterocycles. The first-order valence-corrected chi connectivity index (χ1v) is 6.56. The number of benzene rings is 1. The zero-order valence-electron chi connectivity index (χ0n) is 12.8. The lowest BCUT2D eigenvalue weighted by Crippen LogP contribution is -2.41. The van der Waals surface area contributed by atoms with E-state index < -0.39 is 0 Å². The number of nitrogens with zero attached hydrogens (tertiary/aromatic N) is 1. The molecule has 0 heterocycles. The van der Waals surface area contributed by atoms with Crippen molar-refractivity contribution in [2.45, 2.75) is 26.3 Å². The summed E-state index contributed by atoms with van der Waals surface area (Å²) < 4.78 is 0. The molecule has 20 heavy (non-hydrogen) atoms. The van der Waals surface area contributed by atoms with Crippen molar-refractivity contribution in [2.75, 3.05) is 26.0 Å². The molecule has 0 spiro atoms. The highest BCUT2D eigenvalue weighted by Gasteiger charge is 2.16. The highest BCUT2D eigenvalue weighted by Crippen LogP contribution is 2.16. The zero-order valence-corrected chi connectivity index (χ0v) is 12.8. The highest BCUT2D eigenvalue weighted by molar-refractivity contribution is 6.03. The summed E-state index contributed by atoms with van der Waals surface area (Å²) in [5.74, 6) is -0.302. The number of anilines is 1. The maximum atomic E-state index is 12.0. The van der Waals surface area contributed by atoms with E-state index in [9.17, 15) is 9.59 Å². The van der Waals surface area contributed by atoms with Crippen LogP contribution in [0.4, 0.5) is 5.69 Å². The summed E-state index contributed by atoms with van der Waals surface area (Å²) in [6.07, 6.45) is 0. The van der Waals surface area contributed by atoms with Gasteiger partial charge in [0.2, 0.25) is 5.91 Å². The standard InChI is InChI=1S/C15H23N3O2/c1-15(2,3)16-10-13(19)17-12-9-7-6-8-11(12)14(20)18(4)5/h6-9,16H,10H2,1-5H3,(H,17,19). The molecule has 0 atom stereocenters. The van der Waals surface area contributed by atoms with Gasteiger partial charge < -0.3 is 15.5 Å². The maximum Gasteiger partial charge on any atom is 0.255 e. The molecule has 0 bridgehead atoms. The van der Waals surface area contributed by atoms with Crippen molar-refractivity contribution in [1.29, 1.82) is 0 Å². The van der Waals surface area contributed by atoms with Crippen LogP contribution in [0, 0.1) is 0 Å². The van der Waals surface area contributed by atoms with Crippen LogP contribution in [0.2, 0.25) is 0 Å². The molecule has 1 rings (SSSR count). The molecule has 0 aliphatic carbocycles. The van der Waals surface area contributed by atoms with Crippen molar-refractivity contribution in [3.05, 3.63) is 29.8 Å². The summed E-state index contributed by atoms with van der Waals surface area (Å²) in [6, 6.07) is 7.00. The monoisotopic (exact) mass is 277 g/mol. The normalized spacial score (nSPS) is 11.1. The number of carbonyl (C=O) groups is 2. The van der Waals surface area contributed by atoms with Gasteiger partial charge in [-0.15, -0.1) is 0 Å². The van der Waals surface area contributed by atoms with Crippen molar-refractivity contribution in [2.24, 2.45) is 0 Å². The summed E-state index contributed by atoms with van der Waals surface area (Å²) in [6.45, 7) is 6.17. The summed E-state index contributed by atoms with van der Waals surface area (Å²) in [5, 5.41) is 5.88. The van der Waals surface area contributed by atoms with Crippen LogP contribution >= 0.6 is 0 Å². The Bertz CT molecular complexity index is 490. The predicted octanol–water partition coefficient (Wildman–Crippen LogP) is 1.71. The van der Waals surface area contributed by atoms with Gasteiger partial charge in [0.25, 0.3) is 5.91 Å². The number of hydrogen-bond donors (Lipinski definition) is 2. The van der Waals surface area contributed by atoms with E-state index in [2.05, 4.69) is 10.6 Å². The maximum absolute atomic E-state index is 12.0. The van der Waals surface area contributed by atoms with E-state index >= 15 is 0 Å². The van der Waals surface area contributed by atoms with Crippen molar-refractivity contribution in [3.8, 4) is 0 Å². The van der Waals surface area contributed by atoms with E-state index in [0.29, 0.717) is 11.3 Å². The molecular weight excluding hydrogens is 254 g/mol. The largest absolute Gasteiger partial charge is 0.345 e. The van der Waals surface area contributed by atoms with Crippen LogP contribution in [-0.4, -0.2) is 42.9 Å². The Morgan fingerprint density at radius 2 is 1.75 bits per heavy atom. The fourth-order valence-electron chi connectivity index (χ4n) is 1.56. The Labute approximate surface area is 120 Å². The molecule has 1 aromatic carbocycles. The SMILES string of the molecule is CN(C)C(=O)c1ccccc1NC(=O)CNC(C)(C)C. The topological polar surface area (TPSA) is 61.4 Å². The molecular formula is C15H23N3O2. The van der Waals surface area contributed by atoms with Crippen molar-refractivity contribution < 1.29 is 9.59 Å². The minimum absolute atomic E-state index is 0.129. The first kappa shape index (κ1) is 16.2. The molecule has 5 nitrogen and oxygen atoms in total. The highest BCUT2D eigenvalue weighted by atomic mass is 16.2. The van der Waals surface area contributed by atoms with Crippen LogP contribution in [0.3, 0.4) is 0 Å². The molecule has 0 unspecified atom stereocenters. The fourth-order valence-corrected chi connectivity index (χ4v) is 1.56. The second-order valence-corrected chi connectivity index (χ2v) is 5.90. The minimum Gasteiger partial charge on any atom is -0.345 e. The van der Waals surface area contributed by atoms with Crippen LogP contribution in [0.15, 0.2) is 24.3 Å². The van der Waals surface area contributed by atoms with Gasteiger partial charge in [0, 0.05) is 19.6 Å². The van der Waals surface area contributed by atoms with Crippen molar-refractivity contribution >= 4 is 17.5 Å². The Morgan fingerprint density at radius 3 is 2.30 bits per heavy atom. The van der Waals surface area contributed by atoms with Gasteiger partial charge in [-0.3, -0.25) is 9.59 Å². The van der Waals surface area contributed by atoms with Crippen LogP contribution < -0.4 is 10.6 Å². The average molecular weight is 277 g/mol. The Balaban J connectivity index is 2.78. The van der Waals surface area contributed by atoms with Gasteiger partial charge in [0.15, 0.2) is 0 Å². The van der Waals surface area contributed by atoms with Crippen LogP contribution in [0.5, 0.6) is 0 Å². The van der Waals surface area contributed by atoms with Crippen molar-refractivity contribution in [3.63, 3.8) is 0 Å². The van der Waals surface area contributed by atoms with Gasteiger partial charge in [0.05, 0.1) is 17.8 Å². The number of rotatable bonds is 4. The Morgan fingerprint density at radius 1 is 1.15 bits per heavy atom. The van der Waals surface area contributed by atoms with Gasteiger partial charge >= 0.3 is 0 Å². The third-order valence-corrected chi connectivity index (χ3v) is 2.62. The molecule has 2 amide bonds. The third kappa shape index (κ3) is 5.01. The number of nitrogens with one attached hydrogen (secondary N) is 2. The quantitative estimate of drug-likeness (QED) is 0.881. The molecule has 110 valence electrons. The van der Waals surface area contributed by atoms with E-state index in [1.807, 2.05) is 20.8 Å². The number of carbonyl (C=O) groups excluding carboxylic acids is 2. The van der Waals surface area contributed by atoms with E-state index in [-0.39, 0.29) is 23.9 Å². The van der Waals surface area contributed by atoms with E-state index in [0.717, 1.165) is 0 Å². The van der Waals surface area contributed by atoms with Gasteiger partial charge in [-0.2, -0.15) is 0 Å². The van der Waals surface area contributed by atoms with Gasteiger partial charge in [0.1, 0.15) is 0 Å².